The Bertz CT molecular complexity index is 423. The summed E-state index contributed by atoms with van der Waals surface area (Å²) in [5.41, 5.74) is 2.40. The van der Waals surface area contributed by atoms with Crippen molar-refractivity contribution in [1.82, 2.24) is 10.2 Å². The van der Waals surface area contributed by atoms with Crippen molar-refractivity contribution in [2.24, 2.45) is 0 Å². The van der Waals surface area contributed by atoms with Crippen molar-refractivity contribution >= 4 is 24.8 Å². The topological polar surface area (TPSA) is 15.3 Å². The summed E-state index contributed by atoms with van der Waals surface area (Å²) in [6.45, 7) is 8.54. The van der Waals surface area contributed by atoms with Gasteiger partial charge in [0.25, 0.3) is 0 Å². The molecule has 2 rings (SSSR count). The van der Waals surface area contributed by atoms with E-state index < -0.39 is 0 Å². The molecule has 0 radical (unpaired) electrons. The highest BCUT2D eigenvalue weighted by atomic mass is 35.5. The van der Waals surface area contributed by atoms with Gasteiger partial charge in [0.1, 0.15) is 5.82 Å². The molecule has 5 heteroatoms. The highest BCUT2D eigenvalue weighted by Crippen LogP contribution is 2.30. The zero-order valence-corrected chi connectivity index (χ0v) is 15.2. The van der Waals surface area contributed by atoms with Crippen LogP contribution in [0.4, 0.5) is 4.39 Å². The number of hydrogen-bond donors (Lipinski definition) is 1. The van der Waals surface area contributed by atoms with E-state index in [9.17, 15) is 4.39 Å². The van der Waals surface area contributed by atoms with Crippen LogP contribution < -0.4 is 5.32 Å². The van der Waals surface area contributed by atoms with Crippen LogP contribution in [0.5, 0.6) is 0 Å². The molecule has 0 aromatic heterocycles. The lowest BCUT2D eigenvalue weighted by Gasteiger charge is -2.36. The van der Waals surface area contributed by atoms with Gasteiger partial charge < -0.3 is 5.32 Å². The second-order valence-corrected chi connectivity index (χ2v) is 5.80. The molecule has 1 atom stereocenters. The molecule has 2 nitrogen and oxygen atoms in total. The van der Waals surface area contributed by atoms with Crippen molar-refractivity contribution in [3.63, 3.8) is 0 Å². The van der Waals surface area contributed by atoms with Gasteiger partial charge in [0.05, 0.1) is 0 Å². The van der Waals surface area contributed by atoms with Crippen molar-refractivity contribution in [3.05, 3.63) is 35.1 Å². The summed E-state index contributed by atoms with van der Waals surface area (Å²) < 4.78 is 13.6. The fraction of sp³-hybridized carbons (Fsp3) is 0.647. The predicted octanol–water partition coefficient (Wildman–Crippen LogP) is 4.50. The Kier molecular flexibility index (Phi) is 11.0. The molecule has 1 aliphatic rings. The highest BCUT2D eigenvalue weighted by molar-refractivity contribution is 5.85. The summed E-state index contributed by atoms with van der Waals surface area (Å²) >= 11 is 0. The zero-order valence-electron chi connectivity index (χ0n) is 13.6. The Morgan fingerprint density at radius 1 is 1.18 bits per heavy atom. The van der Waals surface area contributed by atoms with Gasteiger partial charge >= 0.3 is 0 Å². The van der Waals surface area contributed by atoms with Crippen LogP contribution in [0.1, 0.15) is 49.8 Å². The molecule has 128 valence electrons. The second kappa shape index (κ2) is 11.2. The fourth-order valence-corrected chi connectivity index (χ4v) is 3.09. The van der Waals surface area contributed by atoms with E-state index in [4.69, 9.17) is 0 Å². The van der Waals surface area contributed by atoms with E-state index in [0.29, 0.717) is 6.04 Å². The first kappa shape index (κ1) is 21.6. The van der Waals surface area contributed by atoms with Gasteiger partial charge in [-0.3, -0.25) is 4.90 Å². The molecule has 0 unspecified atom stereocenters. The highest BCUT2D eigenvalue weighted by Gasteiger charge is 2.23. The molecule has 0 saturated carbocycles. The average molecular weight is 351 g/mol. The Labute approximate surface area is 146 Å². The third-order valence-electron chi connectivity index (χ3n) is 4.27. The number of nitrogens with one attached hydrogen (secondary N) is 1. The van der Waals surface area contributed by atoms with Crippen LogP contribution in [0.2, 0.25) is 0 Å². The van der Waals surface area contributed by atoms with Gasteiger partial charge in [0.2, 0.25) is 0 Å². The Morgan fingerprint density at radius 3 is 2.50 bits per heavy atom. The van der Waals surface area contributed by atoms with Crippen molar-refractivity contribution in [2.75, 3.05) is 26.2 Å². The number of hydrogen-bond acceptors (Lipinski definition) is 2. The van der Waals surface area contributed by atoms with Gasteiger partial charge in [-0.15, -0.1) is 24.8 Å². The van der Waals surface area contributed by atoms with E-state index in [1.54, 1.807) is 12.1 Å². The van der Waals surface area contributed by atoms with E-state index in [1.165, 1.54) is 30.4 Å². The fourth-order valence-electron chi connectivity index (χ4n) is 3.09. The maximum Gasteiger partial charge on any atom is 0.123 e. The van der Waals surface area contributed by atoms with Gasteiger partial charge in [-0.25, -0.2) is 4.39 Å². The first-order chi connectivity index (χ1) is 9.72. The van der Waals surface area contributed by atoms with E-state index in [1.807, 2.05) is 6.07 Å². The molecule has 1 aliphatic heterocycles. The molecule has 0 bridgehead atoms. The van der Waals surface area contributed by atoms with E-state index in [2.05, 4.69) is 24.1 Å². The molecule has 0 amide bonds. The minimum Gasteiger partial charge on any atom is -0.314 e. The van der Waals surface area contributed by atoms with Gasteiger partial charge in [-0.2, -0.15) is 0 Å². The van der Waals surface area contributed by atoms with Crippen LogP contribution in [-0.2, 0) is 0 Å². The minimum atomic E-state index is -0.110. The number of halogens is 3. The summed E-state index contributed by atoms with van der Waals surface area (Å²) in [6, 6.07) is 5.60. The molecule has 1 aromatic rings. The van der Waals surface area contributed by atoms with Crippen LogP contribution >= 0.6 is 24.8 Å². The summed E-state index contributed by atoms with van der Waals surface area (Å²) in [5.74, 6) is -0.110. The largest absolute Gasteiger partial charge is 0.314 e. The quantitative estimate of drug-likeness (QED) is 0.759. The first-order valence-electron chi connectivity index (χ1n) is 7.93. The summed E-state index contributed by atoms with van der Waals surface area (Å²) in [4.78, 5) is 2.52. The zero-order chi connectivity index (χ0) is 14.4. The maximum absolute atomic E-state index is 13.6. The van der Waals surface area contributed by atoms with E-state index >= 15 is 0 Å². The van der Waals surface area contributed by atoms with Crippen molar-refractivity contribution in [3.8, 4) is 0 Å². The van der Waals surface area contributed by atoms with Gasteiger partial charge in [0, 0.05) is 32.2 Å². The predicted molar refractivity (Wildman–Crippen MR) is 97.0 cm³/mol. The number of nitrogens with zero attached hydrogens (tertiary/aromatic N) is 1. The standard InChI is InChI=1S/C17H27FN2.2ClH/c1-3-4-5-6-17(20-11-9-19-10-12-20)16-13-15(18)8-7-14(16)2;;/h7-8,13,17,19H,3-6,9-12H2,1-2H3;2*1H/t17-;;/m0../s1. The third kappa shape index (κ3) is 6.04. The lowest BCUT2D eigenvalue weighted by molar-refractivity contribution is 0.162. The van der Waals surface area contributed by atoms with Gasteiger partial charge in [-0.1, -0.05) is 32.3 Å². The number of rotatable bonds is 6. The Hall–Kier alpha value is -0.350. The summed E-state index contributed by atoms with van der Waals surface area (Å²) in [6.07, 6.45) is 4.85. The van der Waals surface area contributed by atoms with E-state index in [-0.39, 0.29) is 30.6 Å². The normalized spacial score (nSPS) is 16.5. The maximum atomic E-state index is 13.6. The molecule has 1 heterocycles. The Balaban J connectivity index is 0.00000220. The lowest BCUT2D eigenvalue weighted by atomic mass is 9.94. The summed E-state index contributed by atoms with van der Waals surface area (Å²) in [5, 5.41) is 3.40. The van der Waals surface area contributed by atoms with Crippen molar-refractivity contribution in [1.29, 1.82) is 0 Å². The molecular formula is C17H29Cl2FN2. The molecular weight excluding hydrogens is 322 g/mol. The SMILES string of the molecule is CCCCC[C@@H](c1cc(F)ccc1C)N1CCNCC1.Cl.Cl. The number of piperazine rings is 1. The third-order valence-corrected chi connectivity index (χ3v) is 4.27. The van der Waals surface area contributed by atoms with Crippen LogP contribution in [-0.4, -0.2) is 31.1 Å². The molecule has 22 heavy (non-hydrogen) atoms. The second-order valence-electron chi connectivity index (χ2n) is 5.80. The number of benzene rings is 1. The molecule has 0 aliphatic carbocycles. The molecule has 0 spiro atoms. The lowest BCUT2D eigenvalue weighted by Crippen LogP contribution is -2.45. The van der Waals surface area contributed by atoms with Crippen LogP contribution in [0, 0.1) is 12.7 Å². The smallest absolute Gasteiger partial charge is 0.123 e. The van der Waals surface area contributed by atoms with Gasteiger partial charge in [-0.05, 0) is 36.6 Å². The first-order valence-corrected chi connectivity index (χ1v) is 7.93. The van der Waals surface area contributed by atoms with Crippen LogP contribution in [0.15, 0.2) is 18.2 Å². The Morgan fingerprint density at radius 2 is 1.86 bits per heavy atom. The number of aryl methyl sites for hydroxylation is 1. The molecule has 1 aromatic carbocycles. The van der Waals surface area contributed by atoms with Crippen LogP contribution in [0.25, 0.3) is 0 Å². The van der Waals surface area contributed by atoms with Crippen LogP contribution in [0.3, 0.4) is 0 Å². The monoisotopic (exact) mass is 350 g/mol. The average Bonchev–Trinajstić information content (AvgIpc) is 2.48. The minimum absolute atomic E-state index is 0. The number of unbranched alkanes of at least 4 members (excludes halogenated alkanes) is 2. The molecule has 1 fully saturated rings. The van der Waals surface area contributed by atoms with Gasteiger partial charge in [0.15, 0.2) is 0 Å². The molecule has 1 saturated heterocycles. The van der Waals surface area contributed by atoms with E-state index in [0.717, 1.165) is 32.6 Å². The summed E-state index contributed by atoms with van der Waals surface area (Å²) in [7, 11) is 0. The van der Waals surface area contributed by atoms with Crippen molar-refractivity contribution < 1.29 is 4.39 Å². The van der Waals surface area contributed by atoms with Crippen molar-refractivity contribution in [2.45, 2.75) is 45.6 Å². The molecule has 1 N–H and O–H groups in total.